The van der Waals surface area contributed by atoms with Crippen LogP contribution in [0.2, 0.25) is 0 Å². The van der Waals surface area contributed by atoms with E-state index >= 15 is 0 Å². The topological polar surface area (TPSA) is 17.3 Å². The molecule has 3 heteroatoms. The van der Waals surface area contributed by atoms with Crippen LogP contribution in [0.1, 0.15) is 31.9 Å². The summed E-state index contributed by atoms with van der Waals surface area (Å²) in [5, 5.41) is 2.23. The molecule has 0 bridgehead atoms. The second-order valence-corrected chi connectivity index (χ2v) is 7.74. The Hall–Kier alpha value is -2.13. The Bertz CT molecular complexity index is 881. The van der Waals surface area contributed by atoms with Gasteiger partial charge in [0.1, 0.15) is 0 Å². The lowest BCUT2D eigenvalue weighted by atomic mass is 10.1. The lowest BCUT2D eigenvalue weighted by molar-refractivity contribution is 0.518. The first kappa shape index (κ1) is 17.7. The highest BCUT2D eigenvalue weighted by atomic mass is 32.1. The third kappa shape index (κ3) is 4.29. The summed E-state index contributed by atoms with van der Waals surface area (Å²) in [4.78, 5) is 5.96. The van der Waals surface area contributed by atoms with E-state index in [0.717, 1.165) is 23.5 Å². The van der Waals surface area contributed by atoms with Crippen molar-refractivity contribution in [2.45, 2.75) is 40.7 Å². The molecule has 0 atom stereocenters. The Kier molecular flexibility index (Phi) is 5.54. The first-order chi connectivity index (χ1) is 12.1. The van der Waals surface area contributed by atoms with Crippen molar-refractivity contribution >= 4 is 17.0 Å². The molecule has 0 radical (unpaired) electrons. The fourth-order valence-corrected chi connectivity index (χ4v) is 3.77. The molecule has 2 nitrogen and oxygen atoms in total. The molecule has 0 fully saturated rings. The van der Waals surface area contributed by atoms with E-state index in [2.05, 4.69) is 86.2 Å². The van der Waals surface area contributed by atoms with E-state index < -0.39 is 0 Å². The van der Waals surface area contributed by atoms with E-state index in [0.29, 0.717) is 5.92 Å². The molecule has 0 aliphatic carbocycles. The molecule has 2 aromatic carbocycles. The molecule has 1 heterocycles. The Labute approximate surface area is 154 Å². The number of aryl methyl sites for hydroxylation is 2. The lowest BCUT2D eigenvalue weighted by Gasteiger charge is -2.12. The number of nitrogens with zero attached hydrogens (tertiary/aromatic N) is 2. The zero-order valence-corrected chi connectivity index (χ0v) is 16.3. The van der Waals surface area contributed by atoms with Crippen molar-refractivity contribution in [3.63, 3.8) is 0 Å². The van der Waals surface area contributed by atoms with Crippen LogP contribution in [-0.2, 0) is 13.0 Å². The molecule has 0 aliphatic heterocycles. The van der Waals surface area contributed by atoms with E-state index in [1.807, 2.05) is 0 Å². The summed E-state index contributed by atoms with van der Waals surface area (Å²) >= 11 is 1.72. The molecule has 0 saturated heterocycles. The van der Waals surface area contributed by atoms with E-state index in [4.69, 9.17) is 4.99 Å². The maximum Gasteiger partial charge on any atom is 0.190 e. The van der Waals surface area contributed by atoms with E-state index in [1.54, 1.807) is 11.3 Å². The van der Waals surface area contributed by atoms with Gasteiger partial charge in [0.25, 0.3) is 0 Å². The van der Waals surface area contributed by atoms with Gasteiger partial charge in [-0.3, -0.25) is 0 Å². The quantitative estimate of drug-likeness (QED) is 0.539. The van der Waals surface area contributed by atoms with Gasteiger partial charge >= 0.3 is 0 Å². The summed E-state index contributed by atoms with van der Waals surface area (Å²) < 4.78 is 2.36. The fourth-order valence-electron chi connectivity index (χ4n) is 2.83. The second kappa shape index (κ2) is 7.83. The smallest absolute Gasteiger partial charge is 0.190 e. The SMILES string of the molecule is CCc1ccc(-c2csc(=Nc3ccc(C)cc3)n2CC(C)C)cc1. The Morgan fingerprint density at radius 1 is 1.00 bits per heavy atom. The minimum atomic E-state index is 0.570. The van der Waals surface area contributed by atoms with Crippen molar-refractivity contribution in [1.29, 1.82) is 0 Å². The van der Waals surface area contributed by atoms with Crippen LogP contribution in [0, 0.1) is 12.8 Å². The van der Waals surface area contributed by atoms with Gasteiger partial charge in [0.2, 0.25) is 0 Å². The fraction of sp³-hybridized carbons (Fsp3) is 0.318. The van der Waals surface area contributed by atoms with Crippen molar-refractivity contribution in [2.24, 2.45) is 10.9 Å². The predicted molar refractivity (Wildman–Crippen MR) is 108 cm³/mol. The van der Waals surface area contributed by atoms with Crippen LogP contribution in [0.3, 0.4) is 0 Å². The molecule has 0 spiro atoms. The molecule has 1 aromatic heterocycles. The van der Waals surface area contributed by atoms with E-state index in [1.165, 1.54) is 22.4 Å². The highest BCUT2D eigenvalue weighted by Crippen LogP contribution is 2.22. The van der Waals surface area contributed by atoms with Crippen LogP contribution >= 0.6 is 11.3 Å². The summed E-state index contributed by atoms with van der Waals surface area (Å²) in [6.07, 6.45) is 1.07. The van der Waals surface area contributed by atoms with Crippen molar-refractivity contribution in [3.05, 3.63) is 69.8 Å². The predicted octanol–water partition coefficient (Wildman–Crippen LogP) is 5.98. The molecular formula is C22H26N2S. The number of aromatic nitrogens is 1. The van der Waals surface area contributed by atoms with E-state index in [-0.39, 0.29) is 0 Å². The lowest BCUT2D eigenvalue weighted by Crippen LogP contribution is -2.18. The van der Waals surface area contributed by atoms with Gasteiger partial charge in [0.05, 0.1) is 11.4 Å². The molecule has 0 amide bonds. The van der Waals surface area contributed by atoms with E-state index in [9.17, 15) is 0 Å². The summed E-state index contributed by atoms with van der Waals surface area (Å²) in [6.45, 7) is 9.77. The molecule has 130 valence electrons. The average molecular weight is 351 g/mol. The summed E-state index contributed by atoms with van der Waals surface area (Å²) in [6, 6.07) is 17.3. The summed E-state index contributed by atoms with van der Waals surface area (Å²) in [5.74, 6) is 0.570. The van der Waals surface area contributed by atoms with Crippen LogP contribution in [0.5, 0.6) is 0 Å². The zero-order valence-electron chi connectivity index (χ0n) is 15.5. The number of benzene rings is 2. The molecule has 3 aromatic rings. The molecule has 0 N–H and O–H groups in total. The Balaban J connectivity index is 2.07. The van der Waals surface area contributed by atoms with Gasteiger partial charge in [-0.2, -0.15) is 0 Å². The van der Waals surface area contributed by atoms with Crippen LogP contribution in [0.4, 0.5) is 5.69 Å². The second-order valence-electron chi connectivity index (χ2n) is 6.91. The van der Waals surface area contributed by atoms with Crippen molar-refractivity contribution in [3.8, 4) is 11.3 Å². The largest absolute Gasteiger partial charge is 0.316 e. The van der Waals surface area contributed by atoms with Gasteiger partial charge in [0, 0.05) is 11.9 Å². The number of thiazole rings is 1. The van der Waals surface area contributed by atoms with Crippen LogP contribution < -0.4 is 4.80 Å². The molecule has 0 unspecified atom stereocenters. The van der Waals surface area contributed by atoms with Crippen molar-refractivity contribution in [1.82, 2.24) is 4.57 Å². The normalized spacial score (nSPS) is 12.1. The van der Waals surface area contributed by atoms with Gasteiger partial charge in [-0.15, -0.1) is 11.3 Å². The summed E-state index contributed by atoms with van der Waals surface area (Å²) in [5.41, 5.74) is 6.17. The average Bonchev–Trinajstić information content (AvgIpc) is 2.99. The number of rotatable bonds is 5. The highest BCUT2D eigenvalue weighted by Gasteiger charge is 2.10. The first-order valence-electron chi connectivity index (χ1n) is 8.96. The molecule has 3 rings (SSSR count). The first-order valence-corrected chi connectivity index (χ1v) is 9.84. The Morgan fingerprint density at radius 3 is 2.28 bits per heavy atom. The minimum absolute atomic E-state index is 0.570. The highest BCUT2D eigenvalue weighted by molar-refractivity contribution is 7.07. The minimum Gasteiger partial charge on any atom is -0.316 e. The monoisotopic (exact) mass is 350 g/mol. The van der Waals surface area contributed by atoms with Gasteiger partial charge in [-0.1, -0.05) is 62.7 Å². The third-order valence-corrected chi connectivity index (χ3v) is 5.13. The maximum absolute atomic E-state index is 4.90. The maximum atomic E-state index is 4.90. The number of hydrogen-bond acceptors (Lipinski definition) is 2. The van der Waals surface area contributed by atoms with Crippen LogP contribution in [0.15, 0.2) is 58.9 Å². The van der Waals surface area contributed by atoms with Gasteiger partial charge < -0.3 is 4.57 Å². The van der Waals surface area contributed by atoms with Gasteiger partial charge in [-0.05, 0) is 42.5 Å². The standard InChI is InChI=1S/C22H26N2S/c1-5-18-8-10-19(11-9-18)21-15-25-22(24(21)14-16(2)3)23-20-12-6-17(4)7-13-20/h6-13,15-16H,5,14H2,1-4H3. The van der Waals surface area contributed by atoms with Crippen molar-refractivity contribution < 1.29 is 0 Å². The molecule has 0 saturated carbocycles. The third-order valence-electron chi connectivity index (χ3n) is 4.26. The van der Waals surface area contributed by atoms with Crippen LogP contribution in [-0.4, -0.2) is 4.57 Å². The molecular weight excluding hydrogens is 324 g/mol. The zero-order chi connectivity index (χ0) is 17.8. The number of hydrogen-bond donors (Lipinski definition) is 0. The van der Waals surface area contributed by atoms with Crippen molar-refractivity contribution in [2.75, 3.05) is 0 Å². The van der Waals surface area contributed by atoms with Gasteiger partial charge in [-0.25, -0.2) is 4.99 Å². The van der Waals surface area contributed by atoms with Gasteiger partial charge in [0.15, 0.2) is 4.80 Å². The summed E-state index contributed by atoms with van der Waals surface area (Å²) in [7, 11) is 0. The van der Waals surface area contributed by atoms with Crippen LogP contribution in [0.25, 0.3) is 11.3 Å². The molecule has 25 heavy (non-hydrogen) atoms. The Morgan fingerprint density at radius 2 is 1.68 bits per heavy atom. The molecule has 0 aliphatic rings.